The number of carboxylic acid groups (broad SMARTS) is 1. The van der Waals surface area contributed by atoms with E-state index in [1.54, 1.807) is 6.92 Å². The Morgan fingerprint density at radius 1 is 1.58 bits per heavy atom. The van der Waals surface area contributed by atoms with Gasteiger partial charge in [0.15, 0.2) is 0 Å². The fraction of sp³-hybridized carbons (Fsp3) is 0.667. The van der Waals surface area contributed by atoms with Crippen LogP contribution >= 0.6 is 21.6 Å². The number of nitrogens with one attached hydrogen (secondary N) is 1. The summed E-state index contributed by atoms with van der Waals surface area (Å²) < 4.78 is 0. The molecule has 0 aromatic rings. The van der Waals surface area contributed by atoms with Gasteiger partial charge in [-0.1, -0.05) is 21.6 Å². The highest BCUT2D eigenvalue weighted by molar-refractivity contribution is 8.76. The third-order valence-corrected chi connectivity index (χ3v) is 3.16. The van der Waals surface area contributed by atoms with Gasteiger partial charge in [0.2, 0.25) is 5.91 Å². The highest BCUT2D eigenvalue weighted by Crippen LogP contribution is 2.22. The maximum Gasteiger partial charge on any atom is 0.322 e. The first-order valence-corrected chi connectivity index (χ1v) is 5.89. The Bertz CT molecular complexity index is 174. The molecule has 0 rings (SSSR count). The molecule has 0 aromatic heterocycles. The van der Waals surface area contributed by atoms with Crippen LogP contribution in [0.5, 0.6) is 0 Å². The second kappa shape index (κ2) is 6.19. The second-order valence-corrected chi connectivity index (χ2v) is 4.83. The lowest BCUT2D eigenvalue weighted by Crippen LogP contribution is -2.34. The van der Waals surface area contributed by atoms with Gasteiger partial charge >= 0.3 is 5.97 Å². The molecule has 1 unspecified atom stereocenters. The molecular weight excluding hydrogens is 198 g/mol. The molecule has 70 valence electrons. The van der Waals surface area contributed by atoms with E-state index in [1.165, 1.54) is 21.6 Å². The fourth-order valence-electron chi connectivity index (χ4n) is 0.494. The van der Waals surface area contributed by atoms with Gasteiger partial charge < -0.3 is 10.4 Å². The van der Waals surface area contributed by atoms with Crippen molar-refractivity contribution >= 4 is 33.5 Å². The summed E-state index contributed by atoms with van der Waals surface area (Å²) in [5.74, 6) is -1.26. The van der Waals surface area contributed by atoms with E-state index in [2.05, 4.69) is 5.32 Å². The number of carbonyl (C=O) groups excluding carboxylic acids is 1. The van der Waals surface area contributed by atoms with E-state index in [1.807, 2.05) is 6.26 Å². The number of amides is 1. The van der Waals surface area contributed by atoms with Gasteiger partial charge in [-0.05, 0) is 13.2 Å². The molecule has 0 saturated heterocycles. The van der Waals surface area contributed by atoms with Gasteiger partial charge in [-0.2, -0.15) is 0 Å². The maximum atomic E-state index is 11.0. The quantitative estimate of drug-likeness (QED) is 0.649. The molecule has 0 bridgehead atoms. The highest BCUT2D eigenvalue weighted by atomic mass is 33.1. The molecule has 2 N–H and O–H groups in total. The SMILES string of the molecule is CSSC(C)C(=O)NCC(=O)O. The van der Waals surface area contributed by atoms with Gasteiger partial charge in [0.05, 0.1) is 5.25 Å². The van der Waals surface area contributed by atoms with Gasteiger partial charge in [0.1, 0.15) is 6.54 Å². The Morgan fingerprint density at radius 2 is 2.17 bits per heavy atom. The van der Waals surface area contributed by atoms with Gasteiger partial charge in [-0.25, -0.2) is 0 Å². The monoisotopic (exact) mass is 209 g/mol. The lowest BCUT2D eigenvalue weighted by atomic mass is 10.4. The number of carbonyl (C=O) groups is 2. The normalized spacial score (nSPS) is 12.2. The first kappa shape index (κ1) is 11.6. The van der Waals surface area contributed by atoms with Crippen LogP contribution in [-0.4, -0.2) is 35.0 Å². The summed E-state index contributed by atoms with van der Waals surface area (Å²) in [7, 11) is 2.88. The molecule has 0 aliphatic heterocycles. The number of hydrogen-bond acceptors (Lipinski definition) is 4. The van der Waals surface area contributed by atoms with Crippen LogP contribution in [-0.2, 0) is 9.59 Å². The Morgan fingerprint density at radius 3 is 2.58 bits per heavy atom. The standard InChI is InChI=1S/C6H11NO3S2/c1-4(12-11-2)6(10)7-3-5(8)9/h4H,3H2,1-2H3,(H,7,10)(H,8,9). The zero-order chi connectivity index (χ0) is 9.56. The third kappa shape index (κ3) is 5.31. The topological polar surface area (TPSA) is 66.4 Å². The van der Waals surface area contributed by atoms with Gasteiger partial charge in [-0.15, -0.1) is 0 Å². The van der Waals surface area contributed by atoms with E-state index in [4.69, 9.17) is 5.11 Å². The van der Waals surface area contributed by atoms with Crippen LogP contribution in [0.1, 0.15) is 6.92 Å². The van der Waals surface area contributed by atoms with Crippen LogP contribution in [0.3, 0.4) is 0 Å². The van der Waals surface area contributed by atoms with Gasteiger partial charge in [-0.3, -0.25) is 9.59 Å². The molecule has 1 amide bonds. The van der Waals surface area contributed by atoms with Crippen LogP contribution in [0.4, 0.5) is 0 Å². The number of rotatable bonds is 5. The van der Waals surface area contributed by atoms with E-state index in [0.29, 0.717) is 0 Å². The minimum Gasteiger partial charge on any atom is -0.480 e. The Balaban J connectivity index is 3.64. The largest absolute Gasteiger partial charge is 0.480 e. The molecule has 0 spiro atoms. The predicted molar refractivity (Wildman–Crippen MR) is 51.2 cm³/mol. The summed E-state index contributed by atoms with van der Waals surface area (Å²) in [6.07, 6.45) is 1.87. The van der Waals surface area contributed by atoms with Crippen molar-refractivity contribution in [3.63, 3.8) is 0 Å². The minimum atomic E-state index is -1.02. The predicted octanol–water partition coefficient (Wildman–Crippen LogP) is 0.587. The van der Waals surface area contributed by atoms with Crippen molar-refractivity contribution in [1.82, 2.24) is 5.32 Å². The summed E-state index contributed by atoms with van der Waals surface area (Å²) >= 11 is 0. The third-order valence-electron chi connectivity index (χ3n) is 1.02. The fourth-order valence-corrected chi connectivity index (χ4v) is 2.08. The minimum absolute atomic E-state index is 0.209. The van der Waals surface area contributed by atoms with Crippen LogP contribution in [0.2, 0.25) is 0 Å². The molecule has 0 saturated carbocycles. The summed E-state index contributed by atoms with van der Waals surface area (Å²) in [6, 6.07) is 0. The maximum absolute atomic E-state index is 11.0. The molecule has 4 nitrogen and oxygen atoms in total. The number of carboxylic acids is 1. The Labute approximate surface area is 78.9 Å². The molecule has 0 aliphatic rings. The van der Waals surface area contributed by atoms with Gasteiger partial charge in [0.25, 0.3) is 0 Å². The van der Waals surface area contributed by atoms with Crippen LogP contribution in [0.25, 0.3) is 0 Å². The smallest absolute Gasteiger partial charge is 0.322 e. The first-order chi connectivity index (χ1) is 5.57. The molecule has 0 aromatic carbocycles. The van der Waals surface area contributed by atoms with Crippen molar-refractivity contribution in [2.75, 3.05) is 12.8 Å². The summed E-state index contributed by atoms with van der Waals surface area (Å²) in [6.45, 7) is 1.43. The molecule has 6 heteroatoms. The zero-order valence-corrected chi connectivity index (χ0v) is 8.50. The molecule has 12 heavy (non-hydrogen) atoms. The van der Waals surface area contributed by atoms with Crippen molar-refractivity contribution in [1.29, 1.82) is 0 Å². The summed E-state index contributed by atoms with van der Waals surface area (Å²) in [5.41, 5.74) is 0. The highest BCUT2D eigenvalue weighted by Gasteiger charge is 2.12. The molecule has 1 atom stereocenters. The molecule has 0 fully saturated rings. The molecule has 0 aliphatic carbocycles. The van der Waals surface area contributed by atoms with Crippen LogP contribution < -0.4 is 5.32 Å². The average Bonchev–Trinajstić information content (AvgIpc) is 2.00. The second-order valence-electron chi connectivity index (χ2n) is 2.02. The van der Waals surface area contributed by atoms with E-state index in [-0.39, 0.29) is 17.7 Å². The van der Waals surface area contributed by atoms with Crippen molar-refractivity contribution in [2.24, 2.45) is 0 Å². The van der Waals surface area contributed by atoms with E-state index >= 15 is 0 Å². The number of hydrogen-bond donors (Lipinski definition) is 2. The first-order valence-electron chi connectivity index (χ1n) is 3.27. The van der Waals surface area contributed by atoms with Gasteiger partial charge in [0, 0.05) is 0 Å². The summed E-state index contributed by atoms with van der Waals surface area (Å²) in [5, 5.41) is 10.3. The lowest BCUT2D eigenvalue weighted by Gasteiger charge is -2.07. The van der Waals surface area contributed by atoms with E-state index < -0.39 is 5.97 Å². The lowest BCUT2D eigenvalue weighted by molar-refractivity contribution is -0.137. The zero-order valence-electron chi connectivity index (χ0n) is 6.86. The Kier molecular flexibility index (Phi) is 6.00. The van der Waals surface area contributed by atoms with Crippen LogP contribution in [0.15, 0.2) is 0 Å². The molecular formula is C6H11NO3S2. The van der Waals surface area contributed by atoms with Crippen molar-refractivity contribution in [3.8, 4) is 0 Å². The van der Waals surface area contributed by atoms with Crippen molar-refractivity contribution < 1.29 is 14.7 Å². The number of aliphatic carboxylic acids is 1. The molecule has 0 heterocycles. The van der Waals surface area contributed by atoms with E-state index in [9.17, 15) is 9.59 Å². The van der Waals surface area contributed by atoms with Crippen LogP contribution in [0, 0.1) is 0 Å². The summed E-state index contributed by atoms with van der Waals surface area (Å²) in [4.78, 5) is 21.1. The van der Waals surface area contributed by atoms with Crippen molar-refractivity contribution in [2.45, 2.75) is 12.2 Å². The molecule has 0 radical (unpaired) electrons. The Hall–Kier alpha value is -0.360. The average molecular weight is 209 g/mol. The van der Waals surface area contributed by atoms with E-state index in [0.717, 1.165) is 0 Å². The van der Waals surface area contributed by atoms with Crippen molar-refractivity contribution in [3.05, 3.63) is 0 Å².